The summed E-state index contributed by atoms with van der Waals surface area (Å²) in [6.45, 7) is 0. The zero-order valence-corrected chi connectivity index (χ0v) is 10.9. The number of thiazole rings is 1. The standard InChI is InChI=1S/C10H7ClN6OS/c11-4-1-2-5-6(3-4)19-10(13-5)15-8(18)7-14-9(12)17-16-7/h1-3H,(H,13,15,18)(H3,12,14,16,17). The van der Waals surface area contributed by atoms with Gasteiger partial charge in [0.05, 0.1) is 10.2 Å². The van der Waals surface area contributed by atoms with Crippen LogP contribution in [0.15, 0.2) is 18.2 Å². The van der Waals surface area contributed by atoms with E-state index in [2.05, 4.69) is 25.5 Å². The van der Waals surface area contributed by atoms with E-state index in [1.165, 1.54) is 11.3 Å². The van der Waals surface area contributed by atoms with Gasteiger partial charge in [-0.2, -0.15) is 4.98 Å². The number of nitrogens with two attached hydrogens (primary N) is 1. The lowest BCUT2D eigenvalue weighted by molar-refractivity contribution is 0.101. The maximum Gasteiger partial charge on any atom is 0.294 e. The van der Waals surface area contributed by atoms with Gasteiger partial charge < -0.3 is 5.73 Å². The molecule has 0 bridgehead atoms. The summed E-state index contributed by atoms with van der Waals surface area (Å²) in [7, 11) is 0. The highest BCUT2D eigenvalue weighted by atomic mass is 35.5. The second-order valence-electron chi connectivity index (χ2n) is 3.63. The fourth-order valence-electron chi connectivity index (χ4n) is 1.48. The quantitative estimate of drug-likeness (QED) is 0.668. The number of aromatic nitrogens is 4. The van der Waals surface area contributed by atoms with Crippen LogP contribution in [0.2, 0.25) is 5.02 Å². The van der Waals surface area contributed by atoms with Gasteiger partial charge in [-0.1, -0.05) is 22.9 Å². The topological polar surface area (TPSA) is 110 Å². The minimum absolute atomic E-state index is 0.0150. The first-order chi connectivity index (χ1) is 9.11. The molecule has 7 nitrogen and oxygen atoms in total. The molecular formula is C10H7ClN6OS. The van der Waals surface area contributed by atoms with Crippen LogP contribution >= 0.6 is 22.9 Å². The predicted molar refractivity (Wildman–Crippen MR) is 73.4 cm³/mol. The van der Waals surface area contributed by atoms with E-state index in [9.17, 15) is 4.79 Å². The van der Waals surface area contributed by atoms with Crippen molar-refractivity contribution in [3.05, 3.63) is 29.0 Å². The molecule has 0 saturated carbocycles. The molecule has 3 rings (SSSR count). The third kappa shape index (κ3) is 2.35. The van der Waals surface area contributed by atoms with Crippen LogP contribution in [-0.2, 0) is 0 Å². The third-order valence-corrected chi connectivity index (χ3v) is 3.46. The van der Waals surface area contributed by atoms with Crippen molar-refractivity contribution in [2.75, 3.05) is 11.1 Å². The van der Waals surface area contributed by atoms with Crippen LogP contribution < -0.4 is 11.1 Å². The molecule has 3 aromatic rings. The van der Waals surface area contributed by atoms with E-state index in [0.717, 1.165) is 10.2 Å². The maximum atomic E-state index is 11.8. The number of amides is 1. The largest absolute Gasteiger partial charge is 0.366 e. The SMILES string of the molecule is Nc1n[nH]c(C(=O)Nc2nc3ccc(Cl)cc3s2)n1. The van der Waals surface area contributed by atoms with Gasteiger partial charge in [0.25, 0.3) is 5.91 Å². The summed E-state index contributed by atoms with van der Waals surface area (Å²) in [6.07, 6.45) is 0. The van der Waals surface area contributed by atoms with E-state index in [1.807, 2.05) is 0 Å². The number of aromatic amines is 1. The van der Waals surface area contributed by atoms with Gasteiger partial charge >= 0.3 is 0 Å². The number of carbonyl (C=O) groups excluding carboxylic acids is 1. The van der Waals surface area contributed by atoms with Gasteiger partial charge in [0, 0.05) is 5.02 Å². The van der Waals surface area contributed by atoms with Crippen LogP contribution in [0.1, 0.15) is 10.6 Å². The van der Waals surface area contributed by atoms with E-state index in [0.29, 0.717) is 10.2 Å². The Morgan fingerprint density at radius 3 is 3.00 bits per heavy atom. The van der Waals surface area contributed by atoms with Crippen LogP contribution in [0.3, 0.4) is 0 Å². The van der Waals surface area contributed by atoms with Gasteiger partial charge in [0.1, 0.15) is 0 Å². The lowest BCUT2D eigenvalue weighted by Crippen LogP contribution is -2.13. The predicted octanol–water partition coefficient (Wildman–Crippen LogP) is 1.90. The number of nitrogens with zero attached hydrogens (tertiary/aromatic N) is 3. The molecular weight excluding hydrogens is 288 g/mol. The number of rotatable bonds is 2. The molecule has 0 atom stereocenters. The number of fused-ring (bicyclic) bond motifs is 1. The highest BCUT2D eigenvalue weighted by molar-refractivity contribution is 7.22. The Balaban J connectivity index is 1.87. The third-order valence-electron chi connectivity index (χ3n) is 2.29. The first-order valence-electron chi connectivity index (χ1n) is 5.17. The molecule has 0 aliphatic heterocycles. The van der Waals surface area contributed by atoms with Crippen molar-refractivity contribution in [1.82, 2.24) is 20.2 Å². The maximum absolute atomic E-state index is 11.8. The zero-order chi connectivity index (χ0) is 13.4. The second-order valence-corrected chi connectivity index (χ2v) is 5.09. The molecule has 19 heavy (non-hydrogen) atoms. The van der Waals surface area contributed by atoms with Gasteiger partial charge in [0.2, 0.25) is 11.8 Å². The molecule has 0 spiro atoms. The molecule has 0 aliphatic rings. The Labute approximate surface area is 115 Å². The number of hydrogen-bond acceptors (Lipinski definition) is 6. The summed E-state index contributed by atoms with van der Waals surface area (Å²) in [5, 5.41) is 9.70. The highest BCUT2D eigenvalue weighted by Crippen LogP contribution is 2.28. The lowest BCUT2D eigenvalue weighted by Gasteiger charge is -1.95. The minimum Gasteiger partial charge on any atom is -0.366 e. The number of halogens is 1. The molecule has 0 unspecified atom stereocenters. The highest BCUT2D eigenvalue weighted by Gasteiger charge is 2.13. The summed E-state index contributed by atoms with van der Waals surface area (Å²) < 4.78 is 0.889. The monoisotopic (exact) mass is 294 g/mol. The van der Waals surface area contributed by atoms with Crippen molar-refractivity contribution >= 4 is 50.1 Å². The van der Waals surface area contributed by atoms with Gasteiger partial charge in [-0.25, -0.2) is 4.98 Å². The summed E-state index contributed by atoms with van der Waals surface area (Å²) in [4.78, 5) is 19.8. The lowest BCUT2D eigenvalue weighted by atomic mass is 10.3. The first-order valence-corrected chi connectivity index (χ1v) is 6.36. The summed E-state index contributed by atoms with van der Waals surface area (Å²) in [6, 6.07) is 5.32. The Hall–Kier alpha value is -2.19. The van der Waals surface area contributed by atoms with Crippen LogP contribution in [0.25, 0.3) is 10.2 Å². The molecule has 2 heterocycles. The Kier molecular flexibility index (Phi) is 2.80. The van der Waals surface area contributed by atoms with E-state index in [-0.39, 0.29) is 11.8 Å². The van der Waals surface area contributed by atoms with E-state index in [1.54, 1.807) is 18.2 Å². The molecule has 0 radical (unpaired) electrons. The van der Waals surface area contributed by atoms with Gasteiger partial charge in [-0.15, -0.1) is 5.10 Å². The fourth-order valence-corrected chi connectivity index (χ4v) is 2.62. The Morgan fingerprint density at radius 2 is 2.26 bits per heavy atom. The van der Waals surface area contributed by atoms with Crippen LogP contribution in [0.4, 0.5) is 11.1 Å². The molecule has 0 saturated heterocycles. The number of nitrogens with one attached hydrogen (secondary N) is 2. The van der Waals surface area contributed by atoms with Crippen LogP contribution in [0.5, 0.6) is 0 Å². The van der Waals surface area contributed by atoms with Crippen molar-refractivity contribution in [3.63, 3.8) is 0 Å². The van der Waals surface area contributed by atoms with Crippen LogP contribution in [0, 0.1) is 0 Å². The van der Waals surface area contributed by atoms with Gasteiger partial charge in [-0.05, 0) is 18.2 Å². The van der Waals surface area contributed by atoms with Crippen molar-refractivity contribution in [1.29, 1.82) is 0 Å². The molecule has 0 fully saturated rings. The molecule has 1 amide bonds. The van der Waals surface area contributed by atoms with E-state index in [4.69, 9.17) is 17.3 Å². The smallest absolute Gasteiger partial charge is 0.294 e. The van der Waals surface area contributed by atoms with Crippen molar-refractivity contribution in [3.8, 4) is 0 Å². The summed E-state index contributed by atoms with van der Waals surface area (Å²) in [5.74, 6) is -0.398. The molecule has 0 aliphatic carbocycles. The summed E-state index contributed by atoms with van der Waals surface area (Å²) >= 11 is 7.21. The first kappa shape index (κ1) is 11.9. The normalized spacial score (nSPS) is 10.8. The number of anilines is 2. The number of nitrogen functional groups attached to an aromatic ring is 1. The van der Waals surface area contributed by atoms with Gasteiger partial charge in [0.15, 0.2) is 5.13 Å². The van der Waals surface area contributed by atoms with Crippen molar-refractivity contribution in [2.45, 2.75) is 0 Å². The molecule has 4 N–H and O–H groups in total. The number of hydrogen-bond donors (Lipinski definition) is 3. The molecule has 9 heteroatoms. The summed E-state index contributed by atoms with van der Waals surface area (Å²) in [5.41, 5.74) is 6.09. The average molecular weight is 295 g/mol. The molecule has 96 valence electrons. The van der Waals surface area contributed by atoms with E-state index < -0.39 is 5.91 Å². The van der Waals surface area contributed by atoms with E-state index >= 15 is 0 Å². The average Bonchev–Trinajstić information content (AvgIpc) is 2.94. The molecule has 1 aromatic carbocycles. The van der Waals surface area contributed by atoms with Crippen molar-refractivity contribution in [2.24, 2.45) is 0 Å². The number of benzene rings is 1. The molecule has 2 aromatic heterocycles. The second kappa shape index (κ2) is 4.48. The fraction of sp³-hybridized carbons (Fsp3) is 0. The van der Waals surface area contributed by atoms with Crippen molar-refractivity contribution < 1.29 is 4.79 Å². The number of H-pyrrole nitrogens is 1. The number of carbonyl (C=O) groups is 1. The Morgan fingerprint density at radius 1 is 1.42 bits per heavy atom. The van der Waals surface area contributed by atoms with Crippen LogP contribution in [-0.4, -0.2) is 26.1 Å². The van der Waals surface area contributed by atoms with Gasteiger partial charge in [-0.3, -0.25) is 15.2 Å². The zero-order valence-electron chi connectivity index (χ0n) is 9.35. The Bertz CT molecular complexity index is 766. The minimum atomic E-state index is -0.450.